The van der Waals surface area contributed by atoms with Gasteiger partial charge in [-0.2, -0.15) is 13.2 Å². The van der Waals surface area contributed by atoms with Crippen molar-refractivity contribution >= 4 is 30.5 Å². The molecule has 0 aliphatic heterocycles. The Morgan fingerprint density at radius 3 is 2.61 bits per heavy atom. The van der Waals surface area contributed by atoms with E-state index in [4.69, 9.17) is 19.7 Å². The fourth-order valence-electron chi connectivity index (χ4n) is 3.40. The van der Waals surface area contributed by atoms with Crippen LogP contribution in [-0.2, 0) is 42.7 Å². The second kappa shape index (κ2) is 12.2. The van der Waals surface area contributed by atoms with Crippen molar-refractivity contribution in [3.8, 4) is 0 Å². The van der Waals surface area contributed by atoms with Gasteiger partial charge in [0.2, 0.25) is 0 Å². The number of anilines is 1. The van der Waals surface area contributed by atoms with Crippen molar-refractivity contribution in [3.05, 3.63) is 48.0 Å². The predicted octanol–water partition coefficient (Wildman–Crippen LogP) is 4.13. The lowest BCUT2D eigenvalue weighted by molar-refractivity contribution is -0.149. The maximum atomic E-state index is 13.7. The molecule has 0 aliphatic rings. The van der Waals surface area contributed by atoms with Gasteiger partial charge in [0.1, 0.15) is 24.2 Å². The highest BCUT2D eigenvalue weighted by molar-refractivity contribution is 7.56. The van der Waals surface area contributed by atoms with Crippen molar-refractivity contribution in [2.45, 2.75) is 65.3 Å². The summed E-state index contributed by atoms with van der Waals surface area (Å²) in [5.41, 5.74) is 6.01. The highest BCUT2D eigenvalue weighted by Crippen LogP contribution is 2.44. The van der Waals surface area contributed by atoms with Crippen molar-refractivity contribution < 1.29 is 36.5 Å². The van der Waals surface area contributed by atoms with Gasteiger partial charge in [-0.1, -0.05) is 12.1 Å². The lowest BCUT2D eigenvalue weighted by Crippen LogP contribution is -2.36. The fraction of sp³-hybridized carbons (Fsp3) is 0.478. The van der Waals surface area contributed by atoms with Crippen LogP contribution in [0.1, 0.15) is 38.8 Å². The highest BCUT2D eigenvalue weighted by atomic mass is 31.2. The van der Waals surface area contributed by atoms with Crippen molar-refractivity contribution in [2.24, 2.45) is 0 Å². The Morgan fingerprint density at radius 1 is 1.18 bits per heavy atom. The van der Waals surface area contributed by atoms with Crippen LogP contribution in [0, 0.1) is 0 Å². The van der Waals surface area contributed by atoms with Gasteiger partial charge in [0, 0.05) is 0 Å². The number of aromatic nitrogens is 4. The number of nitrogen functional groups attached to an aromatic ring is 1. The zero-order chi connectivity index (χ0) is 28.1. The smallest absolute Gasteiger partial charge is 0.416 e. The minimum atomic E-state index is -4.54. The van der Waals surface area contributed by atoms with Crippen LogP contribution >= 0.6 is 7.52 Å². The third-order valence-corrected chi connectivity index (χ3v) is 7.02. The molecule has 2 aromatic heterocycles. The van der Waals surface area contributed by atoms with Crippen LogP contribution in [0.2, 0.25) is 0 Å². The van der Waals surface area contributed by atoms with Crippen molar-refractivity contribution in [3.63, 3.8) is 0 Å². The number of nitrogens with one attached hydrogen (secondary N) is 1. The first-order valence-electron chi connectivity index (χ1n) is 11.7. The van der Waals surface area contributed by atoms with Crippen molar-refractivity contribution in [1.29, 1.82) is 0 Å². The fourth-order valence-corrected chi connectivity index (χ4v) is 5.13. The Bertz CT molecular complexity index is 1300. The van der Waals surface area contributed by atoms with Crippen molar-refractivity contribution in [2.75, 3.05) is 12.1 Å². The molecule has 3 N–H and O–H groups in total. The van der Waals surface area contributed by atoms with Gasteiger partial charge < -0.3 is 24.3 Å². The van der Waals surface area contributed by atoms with Gasteiger partial charge in [-0.15, -0.1) is 0 Å². The Kier molecular flexibility index (Phi) is 9.47. The van der Waals surface area contributed by atoms with E-state index in [1.807, 2.05) is 0 Å². The minimum absolute atomic E-state index is 0.148. The van der Waals surface area contributed by atoms with Crippen LogP contribution in [0.3, 0.4) is 0 Å². The molecule has 0 spiro atoms. The predicted molar refractivity (Wildman–Crippen MR) is 133 cm³/mol. The molecular formula is C23H30F3N6O5P. The van der Waals surface area contributed by atoms with E-state index in [0.29, 0.717) is 11.2 Å². The molecule has 1 unspecified atom stereocenters. The molecule has 0 radical (unpaired) electrons. The third-order valence-electron chi connectivity index (χ3n) is 5.20. The Hall–Kier alpha value is -3.06. The zero-order valence-corrected chi connectivity index (χ0v) is 22.2. The van der Waals surface area contributed by atoms with Crippen LogP contribution in [0.25, 0.3) is 11.2 Å². The van der Waals surface area contributed by atoms with E-state index in [1.54, 1.807) is 25.3 Å². The zero-order valence-electron chi connectivity index (χ0n) is 21.3. The van der Waals surface area contributed by atoms with E-state index in [9.17, 15) is 22.5 Å². The molecule has 0 bridgehead atoms. The molecule has 3 aromatic rings. The third kappa shape index (κ3) is 7.97. The van der Waals surface area contributed by atoms with Gasteiger partial charge in [-0.3, -0.25) is 9.36 Å². The molecule has 0 saturated carbocycles. The van der Waals surface area contributed by atoms with Crippen LogP contribution in [0.5, 0.6) is 0 Å². The largest absolute Gasteiger partial charge is 0.462 e. The lowest BCUT2D eigenvalue weighted by Gasteiger charge is -2.25. The summed E-state index contributed by atoms with van der Waals surface area (Å²) in [4.78, 5) is 24.5. The molecule has 208 valence electrons. The molecule has 3 atom stereocenters. The summed E-state index contributed by atoms with van der Waals surface area (Å²) in [6.45, 7) is 6.32. The monoisotopic (exact) mass is 558 g/mol. The van der Waals surface area contributed by atoms with E-state index in [0.717, 1.165) is 12.1 Å². The summed E-state index contributed by atoms with van der Waals surface area (Å²) < 4.78 is 71.1. The molecule has 11 nitrogen and oxygen atoms in total. The standard InChI is InChI=1S/C23H30F3N6O5P/c1-14(2)37-22(33)16(4)31-38(34,36-10-17-6-5-7-18(8-17)23(24,25)26)13-35-15(3)9-32-12-30-19-20(27)28-11-29-21(19)32/h5-8,11-12,14-16H,9-10,13H2,1-4H3,(H,31,34)(H2,27,28,29)/t15-,16+,38?/m1/s1. The molecule has 0 amide bonds. The summed E-state index contributed by atoms with van der Waals surface area (Å²) >= 11 is 0. The van der Waals surface area contributed by atoms with Gasteiger partial charge in [0.05, 0.1) is 37.3 Å². The summed E-state index contributed by atoms with van der Waals surface area (Å²) in [7, 11) is -3.92. The molecule has 3 rings (SSSR count). The number of carbonyl (C=O) groups excluding carboxylic acids is 1. The average Bonchev–Trinajstić information content (AvgIpc) is 3.25. The van der Waals surface area contributed by atoms with Crippen LogP contribution in [0.15, 0.2) is 36.9 Å². The SMILES string of the molecule is CC(C)OC(=O)[C@H](C)NP(=O)(CO[C@H](C)Cn1cnc2c(N)ncnc21)OCc1cccc(C(F)(F)F)c1. The molecule has 0 fully saturated rings. The Morgan fingerprint density at radius 2 is 1.92 bits per heavy atom. The molecule has 0 aliphatic carbocycles. The molecule has 38 heavy (non-hydrogen) atoms. The molecule has 15 heteroatoms. The van der Waals surface area contributed by atoms with E-state index in [1.165, 1.54) is 31.7 Å². The second-order valence-corrected chi connectivity index (χ2v) is 11.0. The number of carbonyl (C=O) groups is 1. The van der Waals surface area contributed by atoms with Crippen LogP contribution in [0.4, 0.5) is 19.0 Å². The number of halogens is 3. The highest BCUT2D eigenvalue weighted by Gasteiger charge is 2.32. The number of benzene rings is 1. The number of hydrogen-bond acceptors (Lipinski definition) is 9. The first-order valence-corrected chi connectivity index (χ1v) is 13.5. The Labute approximate surface area is 217 Å². The van der Waals surface area contributed by atoms with E-state index in [2.05, 4.69) is 20.0 Å². The van der Waals surface area contributed by atoms with Gasteiger partial charge in [-0.05, 0) is 45.4 Å². The normalized spacial score (nSPS) is 15.4. The number of ether oxygens (including phenoxy) is 2. The minimum Gasteiger partial charge on any atom is -0.462 e. The van der Waals surface area contributed by atoms with E-state index >= 15 is 0 Å². The number of nitrogens with two attached hydrogens (primary N) is 1. The second-order valence-electron chi connectivity index (χ2n) is 8.92. The van der Waals surface area contributed by atoms with Gasteiger partial charge in [0.25, 0.3) is 7.52 Å². The molecule has 1 aromatic carbocycles. The average molecular weight is 558 g/mol. The lowest BCUT2D eigenvalue weighted by atomic mass is 10.1. The molecule has 0 saturated heterocycles. The summed E-state index contributed by atoms with van der Waals surface area (Å²) in [5, 5.41) is 2.62. The van der Waals surface area contributed by atoms with Gasteiger partial charge >= 0.3 is 12.1 Å². The number of nitrogens with zero attached hydrogens (tertiary/aromatic N) is 4. The van der Waals surface area contributed by atoms with E-state index < -0.39 is 56.4 Å². The first kappa shape index (κ1) is 29.5. The van der Waals surface area contributed by atoms with Crippen LogP contribution in [-0.4, -0.2) is 50.1 Å². The summed E-state index contributed by atoms with van der Waals surface area (Å²) in [6.07, 6.45) is -3.14. The topological polar surface area (TPSA) is 143 Å². The summed E-state index contributed by atoms with van der Waals surface area (Å²) in [6, 6.07) is 3.43. The summed E-state index contributed by atoms with van der Waals surface area (Å²) in [5.74, 6) is -0.445. The maximum Gasteiger partial charge on any atom is 0.416 e. The van der Waals surface area contributed by atoms with E-state index in [-0.39, 0.29) is 17.9 Å². The van der Waals surface area contributed by atoms with Gasteiger partial charge in [0.15, 0.2) is 11.5 Å². The molecular weight excluding hydrogens is 528 g/mol. The number of imidazole rings is 1. The number of esters is 1. The number of hydrogen-bond donors (Lipinski definition) is 2. The Balaban J connectivity index is 1.72. The quantitative estimate of drug-likeness (QED) is 0.246. The van der Waals surface area contributed by atoms with Gasteiger partial charge in [-0.25, -0.2) is 20.0 Å². The maximum absolute atomic E-state index is 13.7. The number of fused-ring (bicyclic) bond motifs is 1. The van der Waals surface area contributed by atoms with Crippen LogP contribution < -0.4 is 10.8 Å². The first-order chi connectivity index (χ1) is 17.8. The molecule has 2 heterocycles. The van der Waals surface area contributed by atoms with Crippen molar-refractivity contribution in [1.82, 2.24) is 24.6 Å². The number of alkyl halides is 3. The number of rotatable bonds is 12.